The molecule has 0 aliphatic rings. The highest BCUT2D eigenvalue weighted by molar-refractivity contribution is 7.09. The molecule has 0 unspecified atom stereocenters. The summed E-state index contributed by atoms with van der Waals surface area (Å²) >= 11 is 13.5. The maximum Gasteiger partial charge on any atom is 0.220 e. The molecule has 0 spiro atoms. The molecular formula is C22H20Cl2N6OS. The van der Waals surface area contributed by atoms with Crippen molar-refractivity contribution >= 4 is 40.4 Å². The van der Waals surface area contributed by atoms with Crippen LogP contribution in [0, 0.1) is 0 Å². The van der Waals surface area contributed by atoms with E-state index < -0.39 is 0 Å². The molecule has 0 aliphatic heterocycles. The zero-order chi connectivity index (χ0) is 22.3. The van der Waals surface area contributed by atoms with E-state index in [9.17, 15) is 4.79 Å². The maximum atomic E-state index is 12.6. The Kier molecular flexibility index (Phi) is 7.47. The van der Waals surface area contributed by atoms with E-state index >= 15 is 0 Å². The van der Waals surface area contributed by atoms with Gasteiger partial charge in [0.2, 0.25) is 5.91 Å². The number of tetrazole rings is 1. The predicted octanol–water partition coefficient (Wildman–Crippen LogP) is 4.64. The topological polar surface area (TPSA) is 85.6 Å². The maximum absolute atomic E-state index is 12.6. The van der Waals surface area contributed by atoms with Gasteiger partial charge < -0.3 is 5.32 Å². The van der Waals surface area contributed by atoms with E-state index in [0.29, 0.717) is 36.0 Å². The SMILES string of the molecule is O=C(C[C@@H](Cn1cnnn1)c1ccc(Cl)cc1)NCCc1nc(-c2ccc(Cl)cc2)cs1. The molecule has 0 radical (unpaired) electrons. The normalized spacial score (nSPS) is 11.9. The van der Waals surface area contributed by atoms with Gasteiger partial charge in [-0.15, -0.1) is 16.4 Å². The third-order valence-corrected chi connectivity index (χ3v) is 6.34. The molecular weight excluding hydrogens is 467 g/mol. The number of nitrogens with zero attached hydrogens (tertiary/aromatic N) is 5. The van der Waals surface area contributed by atoms with Crippen LogP contribution in [-0.4, -0.2) is 37.6 Å². The molecule has 0 aliphatic carbocycles. The average Bonchev–Trinajstić information content (AvgIpc) is 3.47. The van der Waals surface area contributed by atoms with Gasteiger partial charge in [-0.3, -0.25) is 4.79 Å². The minimum atomic E-state index is -0.0767. The highest BCUT2D eigenvalue weighted by Crippen LogP contribution is 2.25. The van der Waals surface area contributed by atoms with Crippen LogP contribution < -0.4 is 5.32 Å². The molecule has 1 N–H and O–H groups in total. The standard InChI is InChI=1S/C22H20Cl2N6OS/c23-18-5-1-15(2-6-18)17(12-30-14-26-28-29-30)11-21(31)25-10-9-22-27-20(13-32-22)16-3-7-19(24)8-4-16/h1-8,13-14,17H,9-12H2,(H,25,31)/t17-/m0/s1. The number of hydrogen-bond acceptors (Lipinski definition) is 6. The van der Waals surface area contributed by atoms with Crippen LogP contribution in [0.1, 0.15) is 22.9 Å². The van der Waals surface area contributed by atoms with Crippen LogP contribution in [0.4, 0.5) is 0 Å². The van der Waals surface area contributed by atoms with Gasteiger partial charge in [-0.25, -0.2) is 9.67 Å². The number of nitrogens with one attached hydrogen (secondary N) is 1. The molecule has 32 heavy (non-hydrogen) atoms. The van der Waals surface area contributed by atoms with Crippen molar-refractivity contribution in [2.75, 3.05) is 6.54 Å². The van der Waals surface area contributed by atoms with Crippen LogP contribution in [0.5, 0.6) is 0 Å². The Labute approximate surface area is 199 Å². The van der Waals surface area contributed by atoms with Gasteiger partial charge >= 0.3 is 0 Å². The molecule has 2 aromatic carbocycles. The highest BCUT2D eigenvalue weighted by Gasteiger charge is 2.18. The van der Waals surface area contributed by atoms with E-state index in [4.69, 9.17) is 23.2 Å². The number of benzene rings is 2. The molecule has 2 aromatic heterocycles. The van der Waals surface area contributed by atoms with Crippen LogP contribution in [0.3, 0.4) is 0 Å². The van der Waals surface area contributed by atoms with Crippen molar-refractivity contribution in [3.05, 3.63) is 80.9 Å². The van der Waals surface area contributed by atoms with Crippen molar-refractivity contribution in [3.63, 3.8) is 0 Å². The monoisotopic (exact) mass is 486 g/mol. The van der Waals surface area contributed by atoms with Gasteiger partial charge in [0.25, 0.3) is 0 Å². The van der Waals surface area contributed by atoms with E-state index in [-0.39, 0.29) is 11.8 Å². The first-order valence-corrected chi connectivity index (χ1v) is 11.6. The molecule has 0 bridgehead atoms. The summed E-state index contributed by atoms with van der Waals surface area (Å²) in [6.07, 6.45) is 2.53. The second kappa shape index (κ2) is 10.7. The molecule has 10 heteroatoms. The number of aromatic nitrogens is 5. The van der Waals surface area contributed by atoms with Crippen LogP contribution >= 0.6 is 34.5 Å². The van der Waals surface area contributed by atoms with E-state index in [1.54, 1.807) is 22.3 Å². The molecule has 4 rings (SSSR count). The number of carbonyl (C=O) groups is 1. The van der Waals surface area contributed by atoms with Crippen molar-refractivity contribution in [2.24, 2.45) is 0 Å². The lowest BCUT2D eigenvalue weighted by Gasteiger charge is -2.17. The number of carbonyl (C=O) groups excluding carboxylic acids is 1. The molecule has 164 valence electrons. The molecule has 2 heterocycles. The van der Waals surface area contributed by atoms with Crippen LogP contribution in [0.2, 0.25) is 10.0 Å². The lowest BCUT2D eigenvalue weighted by molar-refractivity contribution is -0.121. The minimum absolute atomic E-state index is 0.0347. The van der Waals surface area contributed by atoms with Gasteiger partial charge in [-0.05, 0) is 40.3 Å². The second-order valence-corrected chi connectivity index (χ2v) is 9.03. The summed E-state index contributed by atoms with van der Waals surface area (Å²) in [7, 11) is 0. The van der Waals surface area contributed by atoms with Crippen molar-refractivity contribution < 1.29 is 4.79 Å². The molecule has 0 saturated carbocycles. The first-order chi connectivity index (χ1) is 15.6. The number of amides is 1. The molecule has 7 nitrogen and oxygen atoms in total. The number of rotatable bonds is 9. The third-order valence-electron chi connectivity index (χ3n) is 4.92. The largest absolute Gasteiger partial charge is 0.356 e. The van der Waals surface area contributed by atoms with Gasteiger partial charge in [0.1, 0.15) is 6.33 Å². The molecule has 0 saturated heterocycles. The van der Waals surface area contributed by atoms with Crippen molar-refractivity contribution in [1.29, 1.82) is 0 Å². The summed E-state index contributed by atoms with van der Waals surface area (Å²) in [6, 6.07) is 15.1. The highest BCUT2D eigenvalue weighted by atomic mass is 35.5. The fraction of sp³-hybridized carbons (Fsp3) is 0.227. The number of thiazole rings is 1. The summed E-state index contributed by atoms with van der Waals surface area (Å²) in [5, 5.41) is 18.6. The molecule has 4 aromatic rings. The van der Waals surface area contributed by atoms with Gasteiger partial charge in [0, 0.05) is 46.3 Å². The Hall–Kier alpha value is -2.81. The second-order valence-electron chi connectivity index (χ2n) is 7.22. The summed E-state index contributed by atoms with van der Waals surface area (Å²) in [5.74, 6) is -0.111. The first-order valence-electron chi connectivity index (χ1n) is 10.00. The van der Waals surface area contributed by atoms with Crippen molar-refractivity contribution in [3.8, 4) is 11.3 Å². The number of hydrogen-bond donors (Lipinski definition) is 1. The summed E-state index contributed by atoms with van der Waals surface area (Å²) in [6.45, 7) is 1.02. The lowest BCUT2D eigenvalue weighted by atomic mass is 9.95. The Balaban J connectivity index is 1.32. The fourth-order valence-corrected chi connectivity index (χ4v) is 4.36. The van der Waals surface area contributed by atoms with Gasteiger partial charge in [-0.2, -0.15) is 0 Å². The summed E-state index contributed by atoms with van der Waals surface area (Å²) in [5.41, 5.74) is 2.94. The van der Waals surface area contributed by atoms with Crippen LogP contribution in [0.15, 0.2) is 60.2 Å². The van der Waals surface area contributed by atoms with E-state index in [2.05, 4.69) is 25.8 Å². The smallest absolute Gasteiger partial charge is 0.220 e. The van der Waals surface area contributed by atoms with E-state index in [1.165, 1.54) is 0 Å². The van der Waals surface area contributed by atoms with Crippen LogP contribution in [-0.2, 0) is 17.8 Å². The molecule has 1 atom stereocenters. The fourth-order valence-electron chi connectivity index (χ4n) is 3.30. The van der Waals surface area contributed by atoms with E-state index in [1.807, 2.05) is 53.9 Å². The zero-order valence-electron chi connectivity index (χ0n) is 17.0. The van der Waals surface area contributed by atoms with Gasteiger partial charge in [0.15, 0.2) is 0 Å². The molecule has 1 amide bonds. The third kappa shape index (κ3) is 6.12. The Morgan fingerprint density at radius 2 is 1.78 bits per heavy atom. The summed E-state index contributed by atoms with van der Waals surface area (Å²) in [4.78, 5) is 17.3. The first kappa shape index (κ1) is 22.4. The van der Waals surface area contributed by atoms with Crippen molar-refractivity contribution in [1.82, 2.24) is 30.5 Å². The van der Waals surface area contributed by atoms with Gasteiger partial charge in [-0.1, -0.05) is 47.5 Å². The Morgan fingerprint density at radius 1 is 1.06 bits per heavy atom. The number of halogens is 2. The predicted molar refractivity (Wildman–Crippen MR) is 126 cm³/mol. The quantitative estimate of drug-likeness (QED) is 0.372. The Morgan fingerprint density at radius 3 is 2.47 bits per heavy atom. The van der Waals surface area contributed by atoms with Gasteiger partial charge in [0.05, 0.1) is 17.2 Å². The average molecular weight is 487 g/mol. The minimum Gasteiger partial charge on any atom is -0.356 e. The summed E-state index contributed by atoms with van der Waals surface area (Å²) < 4.78 is 1.63. The zero-order valence-corrected chi connectivity index (χ0v) is 19.3. The van der Waals surface area contributed by atoms with E-state index in [0.717, 1.165) is 21.8 Å². The van der Waals surface area contributed by atoms with Crippen LogP contribution in [0.25, 0.3) is 11.3 Å². The molecule has 0 fully saturated rings. The lowest BCUT2D eigenvalue weighted by Crippen LogP contribution is -2.28. The Bertz CT molecular complexity index is 1150. The van der Waals surface area contributed by atoms with Crippen molar-refractivity contribution in [2.45, 2.75) is 25.3 Å².